The molecule has 7 nitrogen and oxygen atoms in total. The molecule has 1 aromatic carbocycles. The van der Waals surface area contributed by atoms with Crippen LogP contribution in [0.4, 0.5) is 10.2 Å². The van der Waals surface area contributed by atoms with E-state index < -0.39 is 23.1 Å². The van der Waals surface area contributed by atoms with Crippen molar-refractivity contribution in [2.75, 3.05) is 5.73 Å². The first-order chi connectivity index (χ1) is 11.6. The lowest BCUT2D eigenvalue weighted by atomic mass is 10.0. The monoisotopic (exact) mass is 348 g/mol. The second-order valence-corrected chi connectivity index (χ2v) is 5.99. The molecule has 0 saturated heterocycles. The van der Waals surface area contributed by atoms with Gasteiger partial charge < -0.3 is 11.1 Å². The highest BCUT2D eigenvalue weighted by Gasteiger charge is 2.25. The number of halogens is 1. The van der Waals surface area contributed by atoms with Crippen molar-refractivity contribution >= 4 is 11.6 Å². The average molecular weight is 348 g/mol. The van der Waals surface area contributed by atoms with Crippen molar-refractivity contribution in [3.8, 4) is 0 Å². The molecule has 0 aliphatic rings. The van der Waals surface area contributed by atoms with Crippen molar-refractivity contribution in [3.63, 3.8) is 0 Å². The Labute approximate surface area is 143 Å². The van der Waals surface area contributed by atoms with Crippen LogP contribution in [0.15, 0.2) is 33.9 Å². The smallest absolute Gasteiger partial charge is 0.332 e. The Morgan fingerprint density at radius 3 is 2.24 bits per heavy atom. The number of nitrogens with one attached hydrogen (secondary N) is 1. The van der Waals surface area contributed by atoms with E-state index in [4.69, 9.17) is 5.73 Å². The zero-order valence-corrected chi connectivity index (χ0v) is 14.5. The molecule has 2 rings (SSSR count). The number of nitrogens with two attached hydrogens (primary N) is 1. The molecule has 0 saturated carbocycles. The van der Waals surface area contributed by atoms with Gasteiger partial charge in [-0.3, -0.25) is 18.7 Å². The summed E-state index contributed by atoms with van der Waals surface area (Å²) in [5.41, 5.74) is 5.05. The Morgan fingerprint density at radius 1 is 1.12 bits per heavy atom. The fourth-order valence-corrected chi connectivity index (χ4v) is 2.61. The number of carbonyl (C=O) groups is 1. The van der Waals surface area contributed by atoms with Gasteiger partial charge in [0.1, 0.15) is 17.2 Å². The molecule has 0 amide bonds. The zero-order chi connectivity index (χ0) is 18.9. The van der Waals surface area contributed by atoms with Crippen molar-refractivity contribution in [1.82, 2.24) is 14.5 Å². The van der Waals surface area contributed by atoms with Gasteiger partial charge in [0.25, 0.3) is 5.56 Å². The van der Waals surface area contributed by atoms with Gasteiger partial charge in [-0.05, 0) is 31.5 Å². The quantitative estimate of drug-likeness (QED) is 0.776. The van der Waals surface area contributed by atoms with Crippen molar-refractivity contribution < 1.29 is 9.18 Å². The van der Waals surface area contributed by atoms with Crippen LogP contribution in [0.5, 0.6) is 0 Å². The summed E-state index contributed by atoms with van der Waals surface area (Å²) in [6, 6.07) is 4.92. The van der Waals surface area contributed by atoms with E-state index in [1.165, 1.54) is 26.2 Å². The normalized spacial score (nSPS) is 13.5. The van der Waals surface area contributed by atoms with Crippen LogP contribution in [0.25, 0.3) is 0 Å². The van der Waals surface area contributed by atoms with Gasteiger partial charge in [0, 0.05) is 20.1 Å². The lowest BCUT2D eigenvalue weighted by Gasteiger charge is -2.20. The Bertz CT molecular complexity index is 915. The van der Waals surface area contributed by atoms with E-state index in [9.17, 15) is 18.8 Å². The second-order valence-electron chi connectivity index (χ2n) is 5.99. The third kappa shape index (κ3) is 3.53. The van der Waals surface area contributed by atoms with Gasteiger partial charge in [0.2, 0.25) is 0 Å². The first-order valence-electron chi connectivity index (χ1n) is 7.76. The van der Waals surface area contributed by atoms with Gasteiger partial charge in [-0.2, -0.15) is 0 Å². The maximum absolute atomic E-state index is 13.0. The summed E-state index contributed by atoms with van der Waals surface area (Å²) < 4.78 is 14.9. The third-order valence-corrected chi connectivity index (χ3v) is 4.22. The number of nitrogens with zero attached hydrogens (tertiary/aromatic N) is 2. The summed E-state index contributed by atoms with van der Waals surface area (Å²) in [5, 5.41) is 3.06. The highest BCUT2D eigenvalue weighted by molar-refractivity contribution is 6.03. The van der Waals surface area contributed by atoms with Crippen molar-refractivity contribution in [2.45, 2.75) is 25.9 Å². The molecule has 0 aliphatic carbocycles. The molecule has 0 fully saturated rings. The summed E-state index contributed by atoms with van der Waals surface area (Å²) >= 11 is 0. The summed E-state index contributed by atoms with van der Waals surface area (Å²) in [6.45, 7) is 3.42. The average Bonchev–Trinajstić information content (AvgIpc) is 2.58. The van der Waals surface area contributed by atoms with E-state index >= 15 is 0 Å². The minimum atomic E-state index is -0.729. The van der Waals surface area contributed by atoms with Crippen LogP contribution in [0, 0.1) is 5.82 Å². The molecular formula is C17H21FN4O3. The van der Waals surface area contributed by atoms with Gasteiger partial charge in [0.05, 0.1) is 6.04 Å². The number of hydrogen-bond donors (Lipinski definition) is 2. The number of nitrogen functional groups attached to an aromatic ring is 1. The standard InChI is InChI=1S/C17H21FN4O3/c1-9(11-5-7-12(18)8-6-11)20-10(2)14(23)13-15(19)21(3)17(25)22(4)16(13)24/h5-10,20H,19H2,1-4H3/t9-,10-/m1/s1. The minimum Gasteiger partial charge on any atom is -0.384 e. The number of hydrogen-bond acceptors (Lipinski definition) is 5. The number of rotatable bonds is 5. The maximum atomic E-state index is 13.0. The number of ketones is 1. The summed E-state index contributed by atoms with van der Waals surface area (Å²) in [6.07, 6.45) is 0. The Hall–Kier alpha value is -2.74. The highest BCUT2D eigenvalue weighted by Crippen LogP contribution is 2.15. The fourth-order valence-electron chi connectivity index (χ4n) is 2.61. The molecule has 134 valence electrons. The van der Waals surface area contributed by atoms with Crippen LogP contribution >= 0.6 is 0 Å². The molecule has 2 atom stereocenters. The van der Waals surface area contributed by atoms with Gasteiger partial charge in [-0.15, -0.1) is 0 Å². The van der Waals surface area contributed by atoms with Crippen LogP contribution in [0.2, 0.25) is 0 Å². The van der Waals surface area contributed by atoms with E-state index in [1.807, 2.05) is 6.92 Å². The second kappa shape index (κ2) is 7.02. The molecule has 3 N–H and O–H groups in total. The molecule has 0 aliphatic heterocycles. The Balaban J connectivity index is 2.30. The predicted octanol–water partition coefficient (Wildman–Crippen LogP) is 0.727. The number of carbonyl (C=O) groups excluding carboxylic acids is 1. The molecule has 0 bridgehead atoms. The molecule has 8 heteroatoms. The molecule has 0 radical (unpaired) electrons. The van der Waals surface area contributed by atoms with E-state index in [0.29, 0.717) is 0 Å². The molecule has 2 aromatic rings. The van der Waals surface area contributed by atoms with Gasteiger partial charge in [-0.25, -0.2) is 9.18 Å². The van der Waals surface area contributed by atoms with Crippen LogP contribution in [0.1, 0.15) is 35.8 Å². The van der Waals surface area contributed by atoms with Crippen LogP contribution in [0.3, 0.4) is 0 Å². The lowest BCUT2D eigenvalue weighted by molar-refractivity contribution is 0.0943. The topological polar surface area (TPSA) is 99.1 Å². The first-order valence-corrected chi connectivity index (χ1v) is 7.76. The lowest BCUT2D eigenvalue weighted by Crippen LogP contribution is -2.45. The third-order valence-electron chi connectivity index (χ3n) is 4.22. The van der Waals surface area contributed by atoms with Gasteiger partial charge >= 0.3 is 5.69 Å². The molecular weight excluding hydrogens is 327 g/mol. The van der Waals surface area contributed by atoms with Crippen LogP contribution in [-0.2, 0) is 14.1 Å². The minimum absolute atomic E-state index is 0.166. The fraction of sp³-hybridized carbons (Fsp3) is 0.353. The Morgan fingerprint density at radius 2 is 1.68 bits per heavy atom. The number of Topliss-reactive ketones (excluding diaryl/α,β-unsaturated/α-hetero) is 1. The van der Waals surface area contributed by atoms with E-state index in [1.54, 1.807) is 19.1 Å². The summed E-state index contributed by atoms with van der Waals surface area (Å²) in [4.78, 5) is 36.8. The molecule has 1 aromatic heterocycles. The molecule has 0 unspecified atom stereocenters. The molecule has 25 heavy (non-hydrogen) atoms. The highest BCUT2D eigenvalue weighted by atomic mass is 19.1. The van der Waals surface area contributed by atoms with E-state index in [-0.39, 0.29) is 23.2 Å². The first kappa shape index (κ1) is 18.6. The van der Waals surface area contributed by atoms with Gasteiger partial charge in [0.15, 0.2) is 5.78 Å². The van der Waals surface area contributed by atoms with Crippen molar-refractivity contribution in [3.05, 3.63) is 62.0 Å². The zero-order valence-electron chi connectivity index (χ0n) is 14.5. The Kier molecular flexibility index (Phi) is 5.22. The number of benzene rings is 1. The van der Waals surface area contributed by atoms with E-state index in [2.05, 4.69) is 5.32 Å². The van der Waals surface area contributed by atoms with Gasteiger partial charge in [-0.1, -0.05) is 12.1 Å². The SMILES string of the molecule is C[C@@H](N[C@H](C)c1ccc(F)cc1)C(=O)c1c(N)n(C)c(=O)n(C)c1=O. The molecule has 0 spiro atoms. The summed E-state index contributed by atoms with van der Waals surface area (Å²) in [7, 11) is 2.69. The van der Waals surface area contributed by atoms with Crippen molar-refractivity contribution in [1.29, 1.82) is 0 Å². The number of anilines is 1. The van der Waals surface area contributed by atoms with Crippen LogP contribution < -0.4 is 22.3 Å². The van der Waals surface area contributed by atoms with E-state index in [0.717, 1.165) is 14.7 Å². The molecule has 1 heterocycles. The maximum Gasteiger partial charge on any atom is 0.332 e. The summed E-state index contributed by atoms with van der Waals surface area (Å²) in [5.74, 6) is -1.02. The predicted molar refractivity (Wildman–Crippen MR) is 93.1 cm³/mol. The van der Waals surface area contributed by atoms with Crippen molar-refractivity contribution in [2.24, 2.45) is 14.1 Å². The number of aromatic nitrogens is 2. The largest absolute Gasteiger partial charge is 0.384 e. The van der Waals surface area contributed by atoms with Crippen LogP contribution in [-0.4, -0.2) is 21.0 Å².